The molecule has 0 radical (unpaired) electrons. The van der Waals surface area contributed by atoms with Crippen LogP contribution in [0.4, 0.5) is 34.8 Å². The maximum atomic E-state index is 13.4. The molecule has 0 fully saturated rings. The predicted molar refractivity (Wildman–Crippen MR) is 240 cm³/mol. The number of halogens is 5. The molecule has 60 heavy (non-hydrogen) atoms. The molecule has 0 saturated carbocycles. The second-order valence-corrected chi connectivity index (χ2v) is 16.4. The van der Waals surface area contributed by atoms with E-state index in [4.69, 9.17) is 56.9 Å². The summed E-state index contributed by atoms with van der Waals surface area (Å²) in [5, 5.41) is 2.56. The first-order chi connectivity index (χ1) is 28.7. The van der Waals surface area contributed by atoms with Crippen LogP contribution in [-0.4, -0.2) is 58.6 Å². The van der Waals surface area contributed by atoms with Crippen molar-refractivity contribution in [2.75, 3.05) is 58.4 Å². The van der Waals surface area contributed by atoms with Gasteiger partial charge in [0.15, 0.2) is 10.3 Å². The third-order valence-corrected chi connectivity index (χ3v) is 11.9. The Kier molecular flexibility index (Phi) is 15.8. The highest BCUT2D eigenvalue weighted by atomic mass is 35.5. The minimum Gasteiger partial charge on any atom is -0.497 e. The Morgan fingerprint density at radius 1 is 0.567 bits per heavy atom. The van der Waals surface area contributed by atoms with E-state index >= 15 is 0 Å². The molecule has 6 aromatic rings. The average molecular weight is 904 g/mol. The second-order valence-electron chi connectivity index (χ2n) is 13.2. The molecule has 0 unspecified atom stereocenters. The number of anilines is 4. The van der Waals surface area contributed by atoms with Crippen molar-refractivity contribution in [3.8, 4) is 51.3 Å². The van der Waals surface area contributed by atoms with E-state index in [1.54, 1.807) is 56.8 Å². The quantitative estimate of drug-likeness (QED) is 0.100. The molecule has 16 heteroatoms. The molecule has 0 aliphatic heterocycles. The van der Waals surface area contributed by atoms with Crippen LogP contribution >= 0.6 is 45.9 Å². The minimum absolute atomic E-state index is 0.320. The van der Waals surface area contributed by atoms with Crippen molar-refractivity contribution in [2.45, 2.75) is 46.7 Å². The standard InChI is InChI=1S/C22H22ClF3N2O2S.C22H25ClN2O3S/c1-5-10-28(18-11-14(22(24,25)26)6-9-19(18)30-4)21-27-20(13(2)31-21)16-8-7-15(29-3)12-17(16)23;1-6-11-25(19-13-16(27-4)8-10-20(19)28-5)22-24-21(14(2)29-22)17-9-7-15(26-3)12-18(17)23/h6-9,11-12H,5,10H2,1-4H3;7-10,12-13H,6,11H2,1-5H3. The number of benzene rings is 4. The highest BCUT2D eigenvalue weighted by Gasteiger charge is 2.32. The van der Waals surface area contributed by atoms with E-state index in [9.17, 15) is 13.2 Å². The zero-order valence-electron chi connectivity index (χ0n) is 34.8. The van der Waals surface area contributed by atoms with Gasteiger partial charge in [-0.15, -0.1) is 22.7 Å². The summed E-state index contributed by atoms with van der Waals surface area (Å²) < 4.78 is 66.9. The highest BCUT2D eigenvalue weighted by Crippen LogP contribution is 2.45. The Morgan fingerprint density at radius 3 is 1.35 bits per heavy atom. The lowest BCUT2D eigenvalue weighted by Crippen LogP contribution is -2.19. The monoisotopic (exact) mass is 902 g/mol. The summed E-state index contributed by atoms with van der Waals surface area (Å²) in [5.74, 6) is 3.24. The molecule has 0 atom stereocenters. The van der Waals surface area contributed by atoms with Crippen molar-refractivity contribution in [3.63, 3.8) is 0 Å². The van der Waals surface area contributed by atoms with Gasteiger partial charge in [-0.3, -0.25) is 0 Å². The number of hydrogen-bond donors (Lipinski definition) is 0. The van der Waals surface area contributed by atoms with Crippen molar-refractivity contribution in [1.29, 1.82) is 0 Å². The zero-order chi connectivity index (χ0) is 43.7. The molecular formula is C44H47Cl2F3N4O5S2. The van der Waals surface area contributed by atoms with E-state index in [1.807, 2.05) is 56.3 Å². The van der Waals surface area contributed by atoms with E-state index in [1.165, 1.54) is 24.5 Å². The Hall–Kier alpha value is -4.89. The Balaban J connectivity index is 0.000000228. The van der Waals surface area contributed by atoms with Gasteiger partial charge in [0.2, 0.25) is 0 Å². The lowest BCUT2D eigenvalue weighted by molar-refractivity contribution is -0.137. The van der Waals surface area contributed by atoms with E-state index in [-0.39, 0.29) is 0 Å². The van der Waals surface area contributed by atoms with Crippen LogP contribution in [-0.2, 0) is 6.18 Å². The minimum atomic E-state index is -4.46. The first-order valence-electron chi connectivity index (χ1n) is 18.9. The molecule has 6 rings (SSSR count). The molecule has 9 nitrogen and oxygen atoms in total. The van der Waals surface area contributed by atoms with Crippen molar-refractivity contribution >= 4 is 67.5 Å². The van der Waals surface area contributed by atoms with E-state index in [0.29, 0.717) is 51.0 Å². The number of ether oxygens (including phenoxy) is 5. The van der Waals surface area contributed by atoms with Gasteiger partial charge in [-0.2, -0.15) is 13.2 Å². The molecule has 0 spiro atoms. The highest BCUT2D eigenvalue weighted by molar-refractivity contribution is 7.16. The molecule has 0 bridgehead atoms. The van der Waals surface area contributed by atoms with Crippen LogP contribution in [0.15, 0.2) is 72.8 Å². The molecule has 320 valence electrons. The predicted octanol–water partition coefficient (Wildman–Crippen LogP) is 13.7. The van der Waals surface area contributed by atoms with E-state index < -0.39 is 11.7 Å². The van der Waals surface area contributed by atoms with E-state index in [0.717, 1.165) is 79.7 Å². The molecule has 2 aromatic heterocycles. The lowest BCUT2D eigenvalue weighted by Gasteiger charge is -2.24. The largest absolute Gasteiger partial charge is 0.497 e. The van der Waals surface area contributed by atoms with Gasteiger partial charge in [0.25, 0.3) is 0 Å². The third kappa shape index (κ3) is 10.5. The number of hydrogen-bond acceptors (Lipinski definition) is 11. The molecule has 4 aromatic carbocycles. The average Bonchev–Trinajstić information content (AvgIpc) is 3.82. The third-order valence-electron chi connectivity index (χ3n) is 9.26. The van der Waals surface area contributed by atoms with Gasteiger partial charge >= 0.3 is 6.18 Å². The summed E-state index contributed by atoms with van der Waals surface area (Å²) in [4.78, 5) is 15.6. The van der Waals surface area contributed by atoms with Gasteiger partial charge in [0.1, 0.15) is 28.7 Å². The summed E-state index contributed by atoms with van der Waals surface area (Å²) in [7, 11) is 7.95. The van der Waals surface area contributed by atoms with Crippen molar-refractivity contribution in [1.82, 2.24) is 9.97 Å². The van der Waals surface area contributed by atoms with Crippen molar-refractivity contribution < 1.29 is 36.9 Å². The van der Waals surface area contributed by atoms with E-state index in [2.05, 4.69) is 18.7 Å². The Labute approximate surface area is 367 Å². The topological polar surface area (TPSA) is 78.4 Å². The molecule has 0 saturated heterocycles. The normalized spacial score (nSPS) is 11.1. The van der Waals surface area contributed by atoms with Crippen LogP contribution < -0.4 is 33.5 Å². The van der Waals surface area contributed by atoms with Crippen LogP contribution in [0.3, 0.4) is 0 Å². The number of methoxy groups -OCH3 is 5. The molecule has 0 aliphatic rings. The number of aryl methyl sites for hydroxylation is 2. The number of aromatic nitrogens is 2. The fourth-order valence-corrected chi connectivity index (χ4v) is 8.74. The van der Waals surface area contributed by atoms with Gasteiger partial charge in [-0.05, 0) is 93.4 Å². The van der Waals surface area contributed by atoms with Crippen LogP contribution in [0.2, 0.25) is 10.0 Å². The zero-order valence-corrected chi connectivity index (χ0v) is 37.9. The van der Waals surface area contributed by atoms with Crippen LogP contribution in [0.1, 0.15) is 42.0 Å². The van der Waals surface area contributed by atoms with Gasteiger partial charge in [-0.25, -0.2) is 9.97 Å². The SMILES string of the molecule is CCCN(c1nc(-c2ccc(OC)cc2Cl)c(C)s1)c1cc(C(F)(F)F)ccc1OC.CCCN(c1nc(-c2ccc(OC)cc2Cl)c(C)s1)c1cc(OC)ccc1OC. The fourth-order valence-electron chi connectivity index (χ4n) is 6.30. The molecule has 2 heterocycles. The van der Waals surface area contributed by atoms with Gasteiger partial charge in [-0.1, -0.05) is 37.0 Å². The number of nitrogens with zero attached hydrogens (tertiary/aromatic N) is 4. The fraction of sp³-hybridized carbons (Fsp3) is 0.318. The van der Waals surface area contributed by atoms with Gasteiger partial charge < -0.3 is 33.5 Å². The summed E-state index contributed by atoms with van der Waals surface area (Å²) >= 11 is 16.0. The first kappa shape index (κ1) is 46.2. The number of rotatable bonds is 15. The van der Waals surface area contributed by atoms with Gasteiger partial charge in [0, 0.05) is 40.0 Å². The van der Waals surface area contributed by atoms with Crippen LogP contribution in [0.5, 0.6) is 28.7 Å². The molecule has 0 amide bonds. The van der Waals surface area contributed by atoms with Crippen molar-refractivity contribution in [3.05, 3.63) is 98.2 Å². The number of alkyl halides is 3. The van der Waals surface area contributed by atoms with Crippen molar-refractivity contribution in [2.24, 2.45) is 0 Å². The summed E-state index contributed by atoms with van der Waals surface area (Å²) in [6, 6.07) is 20.2. The van der Waals surface area contributed by atoms with Gasteiger partial charge in [0.05, 0.1) is 73.9 Å². The molecule has 0 aliphatic carbocycles. The number of thiazole rings is 2. The lowest BCUT2D eigenvalue weighted by atomic mass is 10.1. The Bertz CT molecular complexity index is 2390. The Morgan fingerprint density at radius 2 is 0.967 bits per heavy atom. The van der Waals surface area contributed by atoms with Crippen LogP contribution in [0, 0.1) is 13.8 Å². The molecular weight excluding hydrogens is 857 g/mol. The summed E-state index contributed by atoms with van der Waals surface area (Å²) in [6.45, 7) is 9.33. The second kappa shape index (κ2) is 20.6. The first-order valence-corrected chi connectivity index (χ1v) is 21.2. The maximum absolute atomic E-state index is 13.4. The maximum Gasteiger partial charge on any atom is 0.416 e. The molecule has 0 N–H and O–H groups in total. The van der Waals surface area contributed by atoms with Crippen LogP contribution in [0.25, 0.3) is 22.5 Å². The summed E-state index contributed by atoms with van der Waals surface area (Å²) in [5.41, 5.74) is 3.68. The summed E-state index contributed by atoms with van der Waals surface area (Å²) in [6.07, 6.45) is -2.80. The smallest absolute Gasteiger partial charge is 0.416 e.